The third-order valence-electron chi connectivity index (χ3n) is 3.40. The lowest BCUT2D eigenvalue weighted by Crippen LogP contribution is -1.96. The van der Waals surface area contributed by atoms with E-state index in [-0.39, 0.29) is 10.6 Å². The Morgan fingerprint density at radius 1 is 1.10 bits per heavy atom. The topological polar surface area (TPSA) is 52.4 Å². The molecule has 0 aliphatic rings. The van der Waals surface area contributed by atoms with Gasteiger partial charge in [-0.2, -0.15) is 0 Å². The summed E-state index contributed by atoms with van der Waals surface area (Å²) in [4.78, 5) is 10.5. The molecule has 0 spiro atoms. The fraction of sp³-hybridized carbons (Fsp3) is 0.294. The zero-order valence-corrected chi connectivity index (χ0v) is 12.7. The molecule has 0 N–H and O–H groups in total. The molecule has 0 unspecified atom stereocenters. The number of nitrogens with zero attached hydrogens (tertiary/aromatic N) is 1. The van der Waals surface area contributed by atoms with Gasteiger partial charge in [-0.25, -0.2) is 0 Å². The van der Waals surface area contributed by atoms with E-state index in [4.69, 9.17) is 4.74 Å². The minimum Gasteiger partial charge on any atom is -0.457 e. The third-order valence-corrected chi connectivity index (χ3v) is 3.40. The van der Waals surface area contributed by atoms with Gasteiger partial charge in [-0.1, -0.05) is 26.0 Å². The largest absolute Gasteiger partial charge is 0.457 e. The molecule has 0 radical (unpaired) electrons. The van der Waals surface area contributed by atoms with Crippen LogP contribution < -0.4 is 4.74 Å². The van der Waals surface area contributed by atoms with Crippen molar-refractivity contribution in [2.75, 3.05) is 0 Å². The van der Waals surface area contributed by atoms with Gasteiger partial charge in [0, 0.05) is 12.1 Å². The van der Waals surface area contributed by atoms with E-state index in [1.165, 1.54) is 17.7 Å². The van der Waals surface area contributed by atoms with Crippen LogP contribution in [0.3, 0.4) is 0 Å². The Morgan fingerprint density at radius 2 is 1.71 bits per heavy atom. The van der Waals surface area contributed by atoms with Crippen LogP contribution >= 0.6 is 0 Å². The summed E-state index contributed by atoms with van der Waals surface area (Å²) in [6.07, 6.45) is 0. The van der Waals surface area contributed by atoms with Crippen molar-refractivity contribution >= 4 is 5.69 Å². The molecule has 0 aliphatic carbocycles. The Kier molecular flexibility index (Phi) is 4.26. The smallest absolute Gasteiger partial charge is 0.270 e. The lowest BCUT2D eigenvalue weighted by molar-refractivity contribution is -0.385. The summed E-state index contributed by atoms with van der Waals surface area (Å²) in [6.45, 7) is 7.90. The highest BCUT2D eigenvalue weighted by Crippen LogP contribution is 2.33. The van der Waals surface area contributed by atoms with Crippen molar-refractivity contribution in [1.29, 1.82) is 0 Å². The van der Waals surface area contributed by atoms with Gasteiger partial charge in [0.1, 0.15) is 11.5 Å². The Bertz CT molecular complexity index is 654. The van der Waals surface area contributed by atoms with Crippen LogP contribution in [-0.2, 0) is 0 Å². The number of non-ortho nitro benzene ring substituents is 1. The molecule has 4 nitrogen and oxygen atoms in total. The number of hydrogen-bond acceptors (Lipinski definition) is 3. The first-order chi connectivity index (χ1) is 9.88. The summed E-state index contributed by atoms with van der Waals surface area (Å²) in [5.74, 6) is 1.86. The standard InChI is InChI=1S/C17H19NO3/c1-11(2)14-6-5-7-16(10-14)21-17-12(3)8-15(18(19)20)9-13(17)4/h5-11H,1-4H3. The predicted molar refractivity (Wildman–Crippen MR) is 83.2 cm³/mol. The van der Waals surface area contributed by atoms with E-state index in [9.17, 15) is 10.1 Å². The second kappa shape index (κ2) is 5.95. The summed E-state index contributed by atoms with van der Waals surface area (Å²) >= 11 is 0. The fourth-order valence-electron chi connectivity index (χ4n) is 2.25. The van der Waals surface area contributed by atoms with E-state index in [0.29, 0.717) is 11.7 Å². The minimum atomic E-state index is -0.386. The molecule has 0 saturated carbocycles. The summed E-state index contributed by atoms with van der Waals surface area (Å²) in [6, 6.07) is 11.0. The summed E-state index contributed by atoms with van der Waals surface area (Å²) in [5.41, 5.74) is 2.81. The average Bonchev–Trinajstić information content (AvgIpc) is 2.42. The first-order valence-corrected chi connectivity index (χ1v) is 6.92. The number of aryl methyl sites for hydroxylation is 2. The zero-order valence-electron chi connectivity index (χ0n) is 12.7. The molecule has 2 aromatic carbocycles. The monoisotopic (exact) mass is 285 g/mol. The van der Waals surface area contributed by atoms with E-state index in [1.807, 2.05) is 32.0 Å². The molecule has 2 rings (SSSR count). The van der Waals surface area contributed by atoms with Crippen molar-refractivity contribution in [3.63, 3.8) is 0 Å². The molecule has 0 aliphatic heterocycles. The van der Waals surface area contributed by atoms with Crippen molar-refractivity contribution in [2.24, 2.45) is 0 Å². The maximum absolute atomic E-state index is 10.9. The van der Waals surface area contributed by atoms with E-state index in [1.54, 1.807) is 0 Å². The van der Waals surface area contributed by atoms with Gasteiger partial charge in [0.05, 0.1) is 4.92 Å². The Labute approximate surface area is 124 Å². The van der Waals surface area contributed by atoms with Gasteiger partial charge < -0.3 is 4.74 Å². The lowest BCUT2D eigenvalue weighted by Gasteiger charge is -2.13. The fourth-order valence-corrected chi connectivity index (χ4v) is 2.25. The zero-order chi connectivity index (χ0) is 15.6. The lowest BCUT2D eigenvalue weighted by atomic mass is 10.0. The maximum atomic E-state index is 10.9. The van der Waals surface area contributed by atoms with Crippen LogP contribution in [0.1, 0.15) is 36.5 Å². The molecule has 4 heteroatoms. The van der Waals surface area contributed by atoms with Crippen molar-refractivity contribution in [3.8, 4) is 11.5 Å². The van der Waals surface area contributed by atoms with Gasteiger partial charge in [0.2, 0.25) is 0 Å². The number of benzene rings is 2. The van der Waals surface area contributed by atoms with E-state index in [2.05, 4.69) is 19.9 Å². The summed E-state index contributed by atoms with van der Waals surface area (Å²) < 4.78 is 5.94. The molecule has 0 amide bonds. The van der Waals surface area contributed by atoms with Crippen molar-refractivity contribution in [1.82, 2.24) is 0 Å². The normalized spacial score (nSPS) is 10.7. The minimum absolute atomic E-state index is 0.0910. The van der Waals surface area contributed by atoms with Gasteiger partial charge >= 0.3 is 0 Å². The number of ether oxygens (including phenoxy) is 1. The molecule has 21 heavy (non-hydrogen) atoms. The van der Waals surface area contributed by atoms with E-state index in [0.717, 1.165) is 16.9 Å². The molecule has 110 valence electrons. The first-order valence-electron chi connectivity index (χ1n) is 6.92. The van der Waals surface area contributed by atoms with Crippen LogP contribution in [0.5, 0.6) is 11.5 Å². The van der Waals surface area contributed by atoms with Gasteiger partial charge in [-0.05, 0) is 48.6 Å². The van der Waals surface area contributed by atoms with E-state index >= 15 is 0 Å². The molecule has 0 aromatic heterocycles. The molecular weight excluding hydrogens is 266 g/mol. The average molecular weight is 285 g/mol. The van der Waals surface area contributed by atoms with Crippen molar-refractivity contribution < 1.29 is 9.66 Å². The quantitative estimate of drug-likeness (QED) is 0.578. The third kappa shape index (κ3) is 3.40. The number of rotatable bonds is 4. The highest BCUT2D eigenvalue weighted by atomic mass is 16.6. The molecule has 0 fully saturated rings. The van der Waals surface area contributed by atoms with Crippen LogP contribution in [0.25, 0.3) is 0 Å². The summed E-state index contributed by atoms with van der Waals surface area (Å²) in [7, 11) is 0. The van der Waals surface area contributed by atoms with Gasteiger partial charge in [-0.3, -0.25) is 10.1 Å². The molecule has 0 atom stereocenters. The first kappa shape index (κ1) is 15.0. The molecular formula is C17H19NO3. The Hall–Kier alpha value is -2.36. The van der Waals surface area contributed by atoms with Gasteiger partial charge in [0.25, 0.3) is 5.69 Å². The van der Waals surface area contributed by atoms with Crippen molar-refractivity contribution in [3.05, 3.63) is 63.2 Å². The summed E-state index contributed by atoms with van der Waals surface area (Å²) in [5, 5.41) is 10.9. The second-order valence-corrected chi connectivity index (χ2v) is 5.50. The Morgan fingerprint density at radius 3 is 2.24 bits per heavy atom. The van der Waals surface area contributed by atoms with Crippen LogP contribution in [0, 0.1) is 24.0 Å². The van der Waals surface area contributed by atoms with Crippen LogP contribution in [0.15, 0.2) is 36.4 Å². The molecule has 0 heterocycles. The second-order valence-electron chi connectivity index (χ2n) is 5.50. The van der Waals surface area contributed by atoms with E-state index < -0.39 is 0 Å². The number of hydrogen-bond donors (Lipinski definition) is 0. The molecule has 2 aromatic rings. The highest BCUT2D eigenvalue weighted by molar-refractivity contribution is 5.50. The van der Waals surface area contributed by atoms with Gasteiger partial charge in [-0.15, -0.1) is 0 Å². The number of nitro benzene ring substituents is 1. The van der Waals surface area contributed by atoms with Crippen molar-refractivity contribution in [2.45, 2.75) is 33.6 Å². The van der Waals surface area contributed by atoms with Crippen LogP contribution in [-0.4, -0.2) is 4.92 Å². The van der Waals surface area contributed by atoms with Crippen LogP contribution in [0.4, 0.5) is 5.69 Å². The molecule has 0 bridgehead atoms. The van der Waals surface area contributed by atoms with Crippen LogP contribution in [0.2, 0.25) is 0 Å². The predicted octanol–water partition coefficient (Wildman–Crippen LogP) is 5.13. The molecule has 0 saturated heterocycles. The SMILES string of the molecule is Cc1cc([N+](=O)[O-])cc(C)c1Oc1cccc(C(C)C)c1. The maximum Gasteiger partial charge on any atom is 0.270 e. The number of nitro groups is 1. The Balaban J connectivity index is 2.36. The highest BCUT2D eigenvalue weighted by Gasteiger charge is 2.14. The van der Waals surface area contributed by atoms with Gasteiger partial charge in [0.15, 0.2) is 0 Å².